The number of rotatable bonds is 3. The number of anilines is 2. The summed E-state index contributed by atoms with van der Waals surface area (Å²) in [5, 5.41) is 0.881. The standard InChI is InChI=1S/C14H22N4O2S/c1-17(10-5-8-20-9-10)13(19)11-12(15)16-14(21-11)18-6-3-2-4-7-18/h10H,2-9,15H2,1H3. The Bertz CT molecular complexity index is 507. The molecule has 1 unspecified atom stereocenters. The van der Waals surface area contributed by atoms with Crippen LogP contribution in [0.15, 0.2) is 0 Å². The molecule has 0 aromatic carbocycles. The summed E-state index contributed by atoms with van der Waals surface area (Å²) in [4.78, 5) is 21.5. The molecule has 2 aliphatic rings. The van der Waals surface area contributed by atoms with Crippen LogP contribution in [-0.4, -0.2) is 55.2 Å². The smallest absolute Gasteiger partial charge is 0.267 e. The van der Waals surface area contributed by atoms with Crippen molar-refractivity contribution >= 4 is 28.2 Å². The fraction of sp³-hybridized carbons (Fsp3) is 0.714. The Morgan fingerprint density at radius 1 is 1.43 bits per heavy atom. The molecule has 2 fully saturated rings. The summed E-state index contributed by atoms with van der Waals surface area (Å²) in [6.45, 7) is 3.35. The van der Waals surface area contributed by atoms with Gasteiger partial charge in [0.25, 0.3) is 5.91 Å². The van der Waals surface area contributed by atoms with Crippen LogP contribution in [0.25, 0.3) is 0 Å². The number of nitrogens with zero attached hydrogens (tertiary/aromatic N) is 3. The third kappa shape index (κ3) is 2.98. The van der Waals surface area contributed by atoms with Gasteiger partial charge in [-0.2, -0.15) is 0 Å². The van der Waals surface area contributed by atoms with Gasteiger partial charge in [-0.1, -0.05) is 11.3 Å². The monoisotopic (exact) mass is 310 g/mol. The van der Waals surface area contributed by atoms with E-state index in [4.69, 9.17) is 10.5 Å². The summed E-state index contributed by atoms with van der Waals surface area (Å²) in [6, 6.07) is 0.150. The first-order valence-electron chi connectivity index (χ1n) is 7.53. The van der Waals surface area contributed by atoms with Crippen molar-refractivity contribution in [2.24, 2.45) is 0 Å². The first kappa shape index (κ1) is 14.6. The van der Waals surface area contributed by atoms with Gasteiger partial charge in [0.1, 0.15) is 10.7 Å². The predicted molar refractivity (Wildman–Crippen MR) is 83.9 cm³/mol. The number of aromatic nitrogens is 1. The zero-order valence-corrected chi connectivity index (χ0v) is 13.2. The van der Waals surface area contributed by atoms with Crippen LogP contribution >= 0.6 is 11.3 Å². The fourth-order valence-corrected chi connectivity index (χ4v) is 3.87. The van der Waals surface area contributed by atoms with Crippen LogP contribution in [0.1, 0.15) is 35.4 Å². The second-order valence-corrected chi connectivity index (χ2v) is 6.67. The number of amides is 1. The number of piperidine rings is 1. The van der Waals surface area contributed by atoms with Crippen molar-refractivity contribution in [2.45, 2.75) is 31.7 Å². The molecule has 1 atom stereocenters. The molecule has 21 heavy (non-hydrogen) atoms. The second kappa shape index (κ2) is 6.19. The highest BCUT2D eigenvalue weighted by molar-refractivity contribution is 7.18. The van der Waals surface area contributed by atoms with E-state index < -0.39 is 0 Å². The van der Waals surface area contributed by atoms with Crippen LogP contribution < -0.4 is 10.6 Å². The van der Waals surface area contributed by atoms with E-state index in [1.807, 2.05) is 7.05 Å². The summed E-state index contributed by atoms with van der Waals surface area (Å²) in [7, 11) is 1.82. The predicted octanol–water partition coefficient (Wildman–Crippen LogP) is 1.58. The van der Waals surface area contributed by atoms with Crippen molar-refractivity contribution in [1.29, 1.82) is 0 Å². The lowest BCUT2D eigenvalue weighted by Crippen LogP contribution is -2.37. The lowest BCUT2D eigenvalue weighted by molar-refractivity contribution is 0.0717. The van der Waals surface area contributed by atoms with Gasteiger partial charge in [0, 0.05) is 26.7 Å². The molecule has 3 heterocycles. The Morgan fingerprint density at radius 3 is 2.86 bits per heavy atom. The number of nitrogens with two attached hydrogens (primary N) is 1. The largest absolute Gasteiger partial charge is 0.382 e. The van der Waals surface area contributed by atoms with Crippen LogP contribution in [0.4, 0.5) is 10.9 Å². The number of carbonyl (C=O) groups is 1. The van der Waals surface area contributed by atoms with Crippen LogP contribution in [0, 0.1) is 0 Å². The van der Waals surface area contributed by atoms with Crippen molar-refractivity contribution in [3.05, 3.63) is 4.88 Å². The average Bonchev–Trinajstić information content (AvgIpc) is 3.16. The van der Waals surface area contributed by atoms with E-state index in [1.54, 1.807) is 4.90 Å². The second-order valence-electron chi connectivity index (χ2n) is 5.69. The molecule has 6 nitrogen and oxygen atoms in total. The van der Waals surface area contributed by atoms with Crippen molar-refractivity contribution in [1.82, 2.24) is 9.88 Å². The first-order chi connectivity index (χ1) is 10.2. The molecule has 1 aromatic heterocycles. The molecule has 2 N–H and O–H groups in total. The van der Waals surface area contributed by atoms with Gasteiger partial charge in [0.05, 0.1) is 12.6 Å². The van der Waals surface area contributed by atoms with Gasteiger partial charge in [0.2, 0.25) is 0 Å². The van der Waals surface area contributed by atoms with E-state index in [9.17, 15) is 4.79 Å². The van der Waals surface area contributed by atoms with Gasteiger partial charge in [-0.25, -0.2) is 4.98 Å². The Kier molecular flexibility index (Phi) is 4.30. The van der Waals surface area contributed by atoms with Gasteiger partial charge in [-0.15, -0.1) is 0 Å². The molecule has 116 valence electrons. The van der Waals surface area contributed by atoms with E-state index in [-0.39, 0.29) is 11.9 Å². The summed E-state index contributed by atoms with van der Waals surface area (Å²) >= 11 is 1.42. The minimum atomic E-state index is -0.0382. The lowest BCUT2D eigenvalue weighted by atomic mass is 10.1. The Labute approximate surface area is 128 Å². The molecule has 1 amide bonds. The van der Waals surface area contributed by atoms with E-state index in [1.165, 1.54) is 30.6 Å². The zero-order valence-electron chi connectivity index (χ0n) is 12.4. The molecule has 2 aliphatic heterocycles. The molecule has 0 saturated carbocycles. The van der Waals surface area contributed by atoms with Crippen LogP contribution in [-0.2, 0) is 4.74 Å². The minimum absolute atomic E-state index is 0.0382. The summed E-state index contributed by atoms with van der Waals surface area (Å²) in [6.07, 6.45) is 4.53. The maximum absolute atomic E-state index is 12.6. The third-order valence-electron chi connectivity index (χ3n) is 4.24. The number of thiazole rings is 1. The van der Waals surface area contributed by atoms with Gasteiger partial charge >= 0.3 is 0 Å². The lowest BCUT2D eigenvalue weighted by Gasteiger charge is -2.25. The number of hydrogen-bond acceptors (Lipinski definition) is 6. The van der Waals surface area contributed by atoms with Crippen molar-refractivity contribution in [3.8, 4) is 0 Å². The minimum Gasteiger partial charge on any atom is -0.382 e. The average molecular weight is 310 g/mol. The number of ether oxygens (including phenoxy) is 1. The quantitative estimate of drug-likeness (QED) is 0.917. The maximum Gasteiger partial charge on any atom is 0.267 e. The molecule has 3 rings (SSSR count). The van der Waals surface area contributed by atoms with Gasteiger partial charge in [-0.3, -0.25) is 4.79 Å². The van der Waals surface area contributed by atoms with Gasteiger partial charge < -0.3 is 20.3 Å². The van der Waals surface area contributed by atoms with E-state index >= 15 is 0 Å². The molecule has 0 aliphatic carbocycles. The molecule has 0 bridgehead atoms. The highest BCUT2D eigenvalue weighted by atomic mass is 32.1. The SMILES string of the molecule is CN(C(=O)c1sc(N2CCCCC2)nc1N)C1CCOC1. The van der Waals surface area contributed by atoms with Crippen molar-refractivity contribution in [2.75, 3.05) is 44.0 Å². The molecular weight excluding hydrogens is 288 g/mol. The van der Waals surface area contributed by atoms with Crippen LogP contribution in [0.3, 0.4) is 0 Å². The Balaban J connectivity index is 1.75. The highest BCUT2D eigenvalue weighted by Gasteiger charge is 2.28. The number of likely N-dealkylation sites (N-methyl/N-ethyl adjacent to an activating group) is 1. The molecular formula is C14H22N4O2S. The highest BCUT2D eigenvalue weighted by Crippen LogP contribution is 2.31. The molecule has 7 heteroatoms. The molecule has 0 radical (unpaired) electrons. The zero-order chi connectivity index (χ0) is 14.8. The topological polar surface area (TPSA) is 71.7 Å². The number of carbonyl (C=O) groups excluding carboxylic acids is 1. The van der Waals surface area contributed by atoms with E-state index in [0.717, 1.165) is 31.2 Å². The fourth-order valence-electron chi connectivity index (χ4n) is 2.85. The first-order valence-corrected chi connectivity index (χ1v) is 8.34. The Morgan fingerprint density at radius 2 is 2.19 bits per heavy atom. The van der Waals surface area contributed by atoms with Crippen LogP contribution in [0.2, 0.25) is 0 Å². The Hall–Kier alpha value is -1.34. The summed E-state index contributed by atoms with van der Waals surface area (Å²) < 4.78 is 5.35. The summed E-state index contributed by atoms with van der Waals surface area (Å²) in [5.41, 5.74) is 5.98. The molecule has 0 spiro atoms. The maximum atomic E-state index is 12.6. The van der Waals surface area contributed by atoms with Crippen molar-refractivity contribution < 1.29 is 9.53 Å². The van der Waals surface area contributed by atoms with Gasteiger partial charge in [0.15, 0.2) is 5.13 Å². The summed E-state index contributed by atoms with van der Waals surface area (Å²) in [5.74, 6) is 0.320. The normalized spacial score (nSPS) is 22.5. The van der Waals surface area contributed by atoms with Gasteiger partial charge in [-0.05, 0) is 25.7 Å². The number of hydrogen-bond donors (Lipinski definition) is 1. The molecule has 1 aromatic rings. The van der Waals surface area contributed by atoms with Crippen molar-refractivity contribution in [3.63, 3.8) is 0 Å². The number of nitrogen functional groups attached to an aromatic ring is 1. The van der Waals surface area contributed by atoms with Crippen LogP contribution in [0.5, 0.6) is 0 Å². The van der Waals surface area contributed by atoms with E-state index in [2.05, 4.69) is 9.88 Å². The van der Waals surface area contributed by atoms with E-state index in [0.29, 0.717) is 17.3 Å². The molecule has 2 saturated heterocycles. The third-order valence-corrected chi connectivity index (χ3v) is 5.36.